The smallest absolute Gasteiger partial charge is 0.311 e. The highest BCUT2D eigenvalue weighted by molar-refractivity contribution is 5.95. The summed E-state index contributed by atoms with van der Waals surface area (Å²) in [6.07, 6.45) is 3.89. The Morgan fingerprint density at radius 2 is 2.16 bits per heavy atom. The lowest BCUT2D eigenvalue weighted by atomic mass is 9.90. The van der Waals surface area contributed by atoms with Crippen LogP contribution in [0.15, 0.2) is 48.8 Å². The van der Waals surface area contributed by atoms with Gasteiger partial charge < -0.3 is 14.7 Å². The molecule has 130 valence electrons. The first-order valence-corrected chi connectivity index (χ1v) is 8.12. The van der Waals surface area contributed by atoms with Gasteiger partial charge in [0.1, 0.15) is 12.4 Å². The molecule has 1 aromatic carbocycles. The second-order valence-electron chi connectivity index (χ2n) is 6.52. The lowest BCUT2D eigenvalue weighted by Crippen LogP contribution is -2.34. The summed E-state index contributed by atoms with van der Waals surface area (Å²) in [7, 11) is 0. The standard InChI is InChI=1S/C19H20N2O4/c1-19(18(23)24)7-9-21(13-19)17(22)15-5-2-6-16(10-15)25-12-14-4-3-8-20-11-14/h2-6,8,10-11H,7,9,12-13H2,1H3,(H,23,24)/t19-/m1/s1. The molecule has 1 aliphatic heterocycles. The second-order valence-corrected chi connectivity index (χ2v) is 6.52. The first kappa shape index (κ1) is 17.0. The average molecular weight is 340 g/mol. The van der Waals surface area contributed by atoms with Crippen LogP contribution in [-0.4, -0.2) is 40.0 Å². The number of carbonyl (C=O) groups is 2. The summed E-state index contributed by atoms with van der Waals surface area (Å²) in [6.45, 7) is 2.71. The minimum absolute atomic E-state index is 0.170. The van der Waals surface area contributed by atoms with E-state index in [1.165, 1.54) is 0 Å². The summed E-state index contributed by atoms with van der Waals surface area (Å²) in [6, 6.07) is 10.7. The van der Waals surface area contributed by atoms with Crippen molar-refractivity contribution < 1.29 is 19.4 Å². The molecular formula is C19H20N2O4. The van der Waals surface area contributed by atoms with Crippen molar-refractivity contribution in [3.63, 3.8) is 0 Å². The van der Waals surface area contributed by atoms with E-state index in [0.717, 1.165) is 5.56 Å². The normalized spacial score (nSPS) is 19.6. The number of carboxylic acid groups (broad SMARTS) is 1. The molecule has 1 atom stereocenters. The Kier molecular flexibility index (Phi) is 4.70. The van der Waals surface area contributed by atoms with Crippen LogP contribution in [-0.2, 0) is 11.4 Å². The number of pyridine rings is 1. The molecule has 1 aliphatic rings. The van der Waals surface area contributed by atoms with Gasteiger partial charge in [-0.2, -0.15) is 0 Å². The lowest BCUT2D eigenvalue weighted by Gasteiger charge is -2.20. The third kappa shape index (κ3) is 3.79. The number of hydrogen-bond acceptors (Lipinski definition) is 4. The fraction of sp³-hybridized carbons (Fsp3) is 0.316. The number of carboxylic acids is 1. The quantitative estimate of drug-likeness (QED) is 0.905. The van der Waals surface area contributed by atoms with E-state index in [4.69, 9.17) is 4.74 Å². The topological polar surface area (TPSA) is 79.7 Å². The van der Waals surface area contributed by atoms with Crippen molar-refractivity contribution >= 4 is 11.9 Å². The molecule has 2 heterocycles. The third-order valence-electron chi connectivity index (χ3n) is 4.49. The highest BCUT2D eigenvalue weighted by Gasteiger charge is 2.42. The maximum Gasteiger partial charge on any atom is 0.311 e. The van der Waals surface area contributed by atoms with Crippen LogP contribution in [0.1, 0.15) is 29.3 Å². The summed E-state index contributed by atoms with van der Waals surface area (Å²) >= 11 is 0. The van der Waals surface area contributed by atoms with Crippen LogP contribution in [0.3, 0.4) is 0 Å². The Bertz CT molecular complexity index is 778. The molecular weight excluding hydrogens is 320 g/mol. The van der Waals surface area contributed by atoms with Gasteiger partial charge in [0, 0.05) is 36.6 Å². The number of likely N-dealkylation sites (tertiary alicyclic amines) is 1. The second kappa shape index (κ2) is 6.93. The van der Waals surface area contributed by atoms with Crippen molar-refractivity contribution in [3.8, 4) is 5.75 Å². The number of benzene rings is 1. The highest BCUT2D eigenvalue weighted by Crippen LogP contribution is 2.31. The van der Waals surface area contributed by atoms with Gasteiger partial charge in [-0.3, -0.25) is 14.6 Å². The number of rotatable bonds is 5. The predicted octanol–water partition coefficient (Wildman–Crippen LogP) is 2.60. The van der Waals surface area contributed by atoms with E-state index in [0.29, 0.717) is 30.9 Å². The van der Waals surface area contributed by atoms with Crippen molar-refractivity contribution in [3.05, 3.63) is 59.9 Å². The van der Waals surface area contributed by atoms with Gasteiger partial charge in [-0.1, -0.05) is 12.1 Å². The third-order valence-corrected chi connectivity index (χ3v) is 4.49. The minimum atomic E-state index is -0.871. The van der Waals surface area contributed by atoms with E-state index in [1.54, 1.807) is 48.5 Å². The number of ether oxygens (including phenoxy) is 1. The van der Waals surface area contributed by atoms with Crippen molar-refractivity contribution in [1.29, 1.82) is 0 Å². The molecule has 6 heteroatoms. The molecule has 0 spiro atoms. The molecule has 0 bridgehead atoms. The molecule has 0 radical (unpaired) electrons. The SMILES string of the molecule is C[C@@]1(C(=O)O)CCN(C(=O)c2cccc(OCc3cccnc3)c2)C1. The van der Waals surface area contributed by atoms with Gasteiger partial charge in [-0.25, -0.2) is 0 Å². The minimum Gasteiger partial charge on any atom is -0.489 e. The number of hydrogen-bond donors (Lipinski definition) is 1. The number of carbonyl (C=O) groups excluding carboxylic acids is 1. The Hall–Kier alpha value is -2.89. The Balaban J connectivity index is 1.67. The predicted molar refractivity (Wildman–Crippen MR) is 91.3 cm³/mol. The molecule has 0 aliphatic carbocycles. The zero-order valence-corrected chi connectivity index (χ0v) is 14.0. The van der Waals surface area contributed by atoms with Gasteiger partial charge >= 0.3 is 5.97 Å². The number of aromatic nitrogens is 1. The molecule has 3 rings (SSSR count). The van der Waals surface area contributed by atoms with E-state index in [-0.39, 0.29) is 12.5 Å². The van der Waals surface area contributed by atoms with Crippen molar-refractivity contribution in [1.82, 2.24) is 9.88 Å². The summed E-state index contributed by atoms with van der Waals surface area (Å²) in [4.78, 5) is 29.6. The van der Waals surface area contributed by atoms with Gasteiger partial charge in [-0.15, -0.1) is 0 Å². The number of amides is 1. The van der Waals surface area contributed by atoms with E-state index >= 15 is 0 Å². The van der Waals surface area contributed by atoms with Gasteiger partial charge in [0.15, 0.2) is 0 Å². The van der Waals surface area contributed by atoms with E-state index < -0.39 is 11.4 Å². The lowest BCUT2D eigenvalue weighted by molar-refractivity contribution is -0.147. The van der Waals surface area contributed by atoms with Crippen LogP contribution in [0.5, 0.6) is 5.75 Å². The highest BCUT2D eigenvalue weighted by atomic mass is 16.5. The zero-order valence-electron chi connectivity index (χ0n) is 14.0. The van der Waals surface area contributed by atoms with Crippen LogP contribution in [0.4, 0.5) is 0 Å². The maximum atomic E-state index is 12.7. The van der Waals surface area contributed by atoms with Gasteiger partial charge in [0.05, 0.1) is 5.41 Å². The van der Waals surface area contributed by atoms with Crippen molar-refractivity contribution in [2.75, 3.05) is 13.1 Å². The summed E-state index contributed by atoms with van der Waals surface area (Å²) in [5, 5.41) is 9.30. The number of aliphatic carboxylic acids is 1. The Morgan fingerprint density at radius 1 is 1.32 bits per heavy atom. The molecule has 0 unspecified atom stereocenters. The summed E-state index contributed by atoms with van der Waals surface area (Å²) in [5.74, 6) is -0.442. The summed E-state index contributed by atoms with van der Waals surface area (Å²) in [5.41, 5.74) is 0.568. The fourth-order valence-electron chi connectivity index (χ4n) is 2.86. The largest absolute Gasteiger partial charge is 0.489 e. The first-order valence-electron chi connectivity index (χ1n) is 8.12. The first-order chi connectivity index (χ1) is 12.0. The maximum absolute atomic E-state index is 12.7. The van der Waals surface area contributed by atoms with E-state index in [9.17, 15) is 14.7 Å². The van der Waals surface area contributed by atoms with Gasteiger partial charge in [0.2, 0.25) is 0 Å². The Labute approximate surface area is 146 Å². The Morgan fingerprint density at radius 3 is 2.84 bits per heavy atom. The molecule has 0 saturated carbocycles. The average Bonchev–Trinajstić information content (AvgIpc) is 3.04. The molecule has 1 N–H and O–H groups in total. The number of nitrogens with zero attached hydrogens (tertiary/aromatic N) is 2. The molecule has 2 aromatic rings. The van der Waals surface area contributed by atoms with Gasteiger partial charge in [-0.05, 0) is 37.6 Å². The summed E-state index contributed by atoms with van der Waals surface area (Å²) < 4.78 is 5.72. The van der Waals surface area contributed by atoms with Crippen LogP contribution in [0, 0.1) is 5.41 Å². The molecule has 1 fully saturated rings. The van der Waals surface area contributed by atoms with E-state index in [1.807, 2.05) is 12.1 Å². The van der Waals surface area contributed by atoms with Crippen LogP contribution < -0.4 is 4.74 Å². The zero-order chi connectivity index (χ0) is 17.9. The van der Waals surface area contributed by atoms with E-state index in [2.05, 4.69) is 4.98 Å². The molecule has 1 saturated heterocycles. The monoisotopic (exact) mass is 340 g/mol. The van der Waals surface area contributed by atoms with Gasteiger partial charge in [0.25, 0.3) is 5.91 Å². The fourth-order valence-corrected chi connectivity index (χ4v) is 2.86. The van der Waals surface area contributed by atoms with Crippen LogP contribution in [0.2, 0.25) is 0 Å². The molecule has 1 amide bonds. The molecule has 25 heavy (non-hydrogen) atoms. The molecule has 6 nitrogen and oxygen atoms in total. The van der Waals surface area contributed by atoms with Crippen LogP contribution >= 0.6 is 0 Å². The van der Waals surface area contributed by atoms with Crippen LogP contribution in [0.25, 0.3) is 0 Å². The van der Waals surface area contributed by atoms with Crippen molar-refractivity contribution in [2.45, 2.75) is 20.0 Å². The molecule has 1 aromatic heterocycles. The van der Waals surface area contributed by atoms with Crippen molar-refractivity contribution in [2.24, 2.45) is 5.41 Å².